The minimum atomic E-state index is -0.722. The summed E-state index contributed by atoms with van der Waals surface area (Å²) in [6, 6.07) is 0. The van der Waals surface area contributed by atoms with Crippen molar-refractivity contribution in [3.63, 3.8) is 0 Å². The summed E-state index contributed by atoms with van der Waals surface area (Å²) in [6.07, 6.45) is -0.203. The fraction of sp³-hybridized carbons (Fsp3) is 0.571. The molecule has 0 spiro atoms. The molecule has 3 atom stereocenters. The quantitative estimate of drug-likeness (QED) is 0.459. The predicted octanol–water partition coefficient (Wildman–Crippen LogP) is -1.38. The van der Waals surface area contributed by atoms with E-state index in [1.807, 2.05) is 0 Å². The Morgan fingerprint density at radius 3 is 3.00 bits per heavy atom. The molecule has 0 aromatic heterocycles. The lowest BCUT2D eigenvalue weighted by atomic mass is 9.97. The fourth-order valence-electron chi connectivity index (χ4n) is 1.29. The molecule has 1 unspecified atom stereocenters. The maximum absolute atomic E-state index is 11.1. The molecule has 11 heavy (non-hydrogen) atoms. The van der Waals surface area contributed by atoms with Gasteiger partial charge in [-0.3, -0.25) is 4.79 Å². The van der Waals surface area contributed by atoms with E-state index in [0.717, 1.165) is 0 Å². The summed E-state index contributed by atoms with van der Waals surface area (Å²) in [7, 11) is 0. The lowest BCUT2D eigenvalue weighted by Gasteiger charge is -2.09. The second-order valence-electron chi connectivity index (χ2n) is 2.73. The van der Waals surface area contributed by atoms with E-state index >= 15 is 0 Å². The zero-order chi connectivity index (χ0) is 8.01. The van der Waals surface area contributed by atoms with Gasteiger partial charge in [-0.1, -0.05) is 0 Å². The molecule has 4 heteroatoms. The van der Waals surface area contributed by atoms with Crippen molar-refractivity contribution in [1.29, 1.82) is 0 Å². The van der Waals surface area contributed by atoms with Crippen LogP contribution in [0.1, 0.15) is 0 Å². The largest absolute Gasteiger partial charge is 0.392 e. The van der Waals surface area contributed by atoms with Gasteiger partial charge in [-0.05, 0) is 6.08 Å². The van der Waals surface area contributed by atoms with Gasteiger partial charge in [0.2, 0.25) is 0 Å². The molecular weight excluding hydrogens is 148 g/mol. The molecule has 2 aliphatic rings. The molecule has 1 fully saturated rings. The van der Waals surface area contributed by atoms with E-state index in [1.165, 1.54) is 6.08 Å². The zero-order valence-electron chi connectivity index (χ0n) is 5.73. The van der Waals surface area contributed by atoms with Crippen LogP contribution in [0.4, 0.5) is 0 Å². The summed E-state index contributed by atoms with van der Waals surface area (Å²) < 4.78 is 4.87. The number of fused-ring (bicyclic) bond motifs is 1. The third kappa shape index (κ3) is 0.910. The van der Waals surface area contributed by atoms with Crippen molar-refractivity contribution in [2.75, 3.05) is 6.61 Å². The second kappa shape index (κ2) is 2.14. The monoisotopic (exact) mass is 156 g/mol. The van der Waals surface area contributed by atoms with Crippen LogP contribution in [0, 0.1) is 0 Å². The number of hydrogen-bond donors (Lipinski definition) is 2. The average Bonchev–Trinajstić information content (AvgIpc) is 2.75. The smallest absolute Gasteiger partial charge is 0.192 e. The Kier molecular flexibility index (Phi) is 1.35. The van der Waals surface area contributed by atoms with Crippen molar-refractivity contribution >= 4 is 5.78 Å². The zero-order valence-corrected chi connectivity index (χ0v) is 5.73. The van der Waals surface area contributed by atoms with Crippen LogP contribution in [0.3, 0.4) is 0 Å². The van der Waals surface area contributed by atoms with E-state index in [4.69, 9.17) is 9.84 Å². The molecule has 0 bridgehead atoms. The first-order valence-electron chi connectivity index (χ1n) is 3.43. The Morgan fingerprint density at radius 1 is 1.64 bits per heavy atom. The van der Waals surface area contributed by atoms with Crippen LogP contribution < -0.4 is 0 Å². The van der Waals surface area contributed by atoms with Crippen LogP contribution in [-0.2, 0) is 9.53 Å². The third-order valence-electron chi connectivity index (χ3n) is 1.98. The number of ketones is 1. The molecule has 0 aromatic rings. The molecule has 2 rings (SSSR count). The second-order valence-corrected chi connectivity index (χ2v) is 2.73. The highest BCUT2D eigenvalue weighted by atomic mass is 16.6. The number of aliphatic hydroxyl groups is 2. The first-order chi connectivity index (χ1) is 5.24. The molecule has 1 aliphatic heterocycles. The normalized spacial score (nSPS) is 41.5. The topological polar surface area (TPSA) is 70.1 Å². The number of ether oxygens (including phenoxy) is 1. The maximum atomic E-state index is 11.1. The Balaban J connectivity index is 2.25. The van der Waals surface area contributed by atoms with Crippen molar-refractivity contribution in [1.82, 2.24) is 0 Å². The summed E-state index contributed by atoms with van der Waals surface area (Å²) >= 11 is 0. The van der Waals surface area contributed by atoms with Gasteiger partial charge in [0.05, 0.1) is 6.61 Å². The standard InChI is InChI=1S/C7H8O4/c8-2-3-1-4(9)6-7(11-6)5(3)10/h1,4,6-9H,2H2/t4?,6-,7+/m1/s1. The summed E-state index contributed by atoms with van der Waals surface area (Å²) in [4.78, 5) is 11.1. The van der Waals surface area contributed by atoms with Crippen LogP contribution in [0.25, 0.3) is 0 Å². The van der Waals surface area contributed by atoms with E-state index < -0.39 is 12.2 Å². The molecule has 0 radical (unpaired) electrons. The number of hydrogen-bond acceptors (Lipinski definition) is 4. The third-order valence-corrected chi connectivity index (χ3v) is 1.98. The van der Waals surface area contributed by atoms with Crippen molar-refractivity contribution in [2.45, 2.75) is 18.3 Å². The Morgan fingerprint density at radius 2 is 2.36 bits per heavy atom. The predicted molar refractivity (Wildman–Crippen MR) is 34.8 cm³/mol. The van der Waals surface area contributed by atoms with Gasteiger partial charge in [-0.15, -0.1) is 0 Å². The number of carbonyl (C=O) groups is 1. The number of aliphatic hydroxyl groups excluding tert-OH is 2. The van der Waals surface area contributed by atoms with E-state index in [2.05, 4.69) is 0 Å². The highest BCUT2D eigenvalue weighted by molar-refractivity contribution is 6.02. The van der Waals surface area contributed by atoms with Crippen molar-refractivity contribution < 1.29 is 19.7 Å². The van der Waals surface area contributed by atoms with Crippen molar-refractivity contribution in [3.05, 3.63) is 11.6 Å². The van der Waals surface area contributed by atoms with E-state index in [1.54, 1.807) is 0 Å². The van der Waals surface area contributed by atoms with Gasteiger partial charge in [0.15, 0.2) is 5.78 Å². The van der Waals surface area contributed by atoms with E-state index in [9.17, 15) is 9.90 Å². The molecule has 4 nitrogen and oxygen atoms in total. The van der Waals surface area contributed by atoms with Crippen LogP contribution in [0.5, 0.6) is 0 Å². The van der Waals surface area contributed by atoms with Crippen LogP contribution in [-0.4, -0.2) is 40.9 Å². The summed E-state index contributed by atoms with van der Waals surface area (Å²) in [5.74, 6) is -0.192. The average molecular weight is 156 g/mol. The number of rotatable bonds is 1. The van der Waals surface area contributed by atoms with Crippen LogP contribution >= 0.6 is 0 Å². The molecule has 1 heterocycles. The van der Waals surface area contributed by atoms with Crippen molar-refractivity contribution in [3.8, 4) is 0 Å². The molecule has 60 valence electrons. The van der Waals surface area contributed by atoms with Gasteiger partial charge < -0.3 is 14.9 Å². The molecule has 0 amide bonds. The first kappa shape index (κ1) is 6.97. The van der Waals surface area contributed by atoms with Crippen LogP contribution in [0.15, 0.2) is 11.6 Å². The fourth-order valence-corrected chi connectivity index (χ4v) is 1.29. The molecular formula is C7H8O4. The summed E-state index contributed by atoms with van der Waals surface area (Å²) in [5.41, 5.74) is 0.260. The van der Waals surface area contributed by atoms with E-state index in [-0.39, 0.29) is 24.1 Å². The minimum absolute atomic E-state index is 0.192. The van der Waals surface area contributed by atoms with Crippen LogP contribution in [0.2, 0.25) is 0 Å². The maximum Gasteiger partial charge on any atom is 0.192 e. The molecule has 2 N–H and O–H groups in total. The van der Waals surface area contributed by atoms with Gasteiger partial charge in [-0.25, -0.2) is 0 Å². The van der Waals surface area contributed by atoms with E-state index in [0.29, 0.717) is 0 Å². The number of carbonyl (C=O) groups excluding carboxylic acids is 1. The molecule has 1 saturated heterocycles. The van der Waals surface area contributed by atoms with Gasteiger partial charge in [0, 0.05) is 5.57 Å². The SMILES string of the molecule is O=C1C(CO)=CC(O)[C@H]2O[C@@H]12. The highest BCUT2D eigenvalue weighted by Gasteiger charge is 2.52. The summed E-state index contributed by atoms with van der Waals surface area (Å²) in [6.45, 7) is -0.317. The Labute approximate surface area is 63.1 Å². The first-order valence-corrected chi connectivity index (χ1v) is 3.43. The van der Waals surface area contributed by atoms with Gasteiger partial charge in [0.25, 0.3) is 0 Å². The van der Waals surface area contributed by atoms with Crippen molar-refractivity contribution in [2.24, 2.45) is 0 Å². The lowest BCUT2D eigenvalue weighted by molar-refractivity contribution is -0.117. The molecule has 1 aliphatic carbocycles. The Bertz CT molecular complexity index is 233. The Hall–Kier alpha value is -0.710. The molecule has 0 aromatic carbocycles. The highest BCUT2D eigenvalue weighted by Crippen LogP contribution is 2.33. The van der Waals surface area contributed by atoms with Gasteiger partial charge in [0.1, 0.15) is 18.3 Å². The number of Topliss-reactive ketones (excluding diaryl/α,β-unsaturated/α-hetero) is 1. The minimum Gasteiger partial charge on any atom is -0.392 e. The molecule has 0 saturated carbocycles. The van der Waals surface area contributed by atoms with Gasteiger partial charge in [-0.2, -0.15) is 0 Å². The summed E-state index contributed by atoms with van der Waals surface area (Å²) in [5, 5.41) is 17.8. The number of epoxide rings is 1. The van der Waals surface area contributed by atoms with Gasteiger partial charge >= 0.3 is 0 Å². The lowest BCUT2D eigenvalue weighted by Crippen LogP contribution is -2.27.